The zero-order valence-electron chi connectivity index (χ0n) is 13.8. The van der Waals surface area contributed by atoms with Crippen molar-refractivity contribution in [3.63, 3.8) is 0 Å². The quantitative estimate of drug-likeness (QED) is 0.735. The number of hydrogen-bond acceptors (Lipinski definition) is 2. The van der Waals surface area contributed by atoms with Gasteiger partial charge in [0.2, 0.25) is 0 Å². The number of carboxylic acid groups (broad SMARTS) is 1. The Bertz CT molecular complexity index is 966. The third kappa shape index (κ3) is 3.56. The van der Waals surface area contributed by atoms with Gasteiger partial charge in [0.05, 0.1) is 17.3 Å². The van der Waals surface area contributed by atoms with Crippen LogP contribution in [0, 0.1) is 19.7 Å². The van der Waals surface area contributed by atoms with E-state index in [4.69, 9.17) is 11.6 Å². The lowest BCUT2D eigenvalue weighted by atomic mass is 10.0. The van der Waals surface area contributed by atoms with Gasteiger partial charge in [0, 0.05) is 5.56 Å². The second kappa shape index (κ2) is 6.69. The first-order valence-corrected chi connectivity index (χ1v) is 8.05. The molecule has 3 aromatic rings. The maximum Gasteiger partial charge on any atom is 0.356 e. The molecule has 25 heavy (non-hydrogen) atoms. The minimum atomic E-state index is -1.10. The van der Waals surface area contributed by atoms with Crippen molar-refractivity contribution < 1.29 is 14.3 Å². The largest absolute Gasteiger partial charge is 0.476 e. The lowest BCUT2D eigenvalue weighted by Crippen LogP contribution is -2.06. The van der Waals surface area contributed by atoms with E-state index in [1.54, 1.807) is 10.7 Å². The highest BCUT2D eigenvalue weighted by Gasteiger charge is 2.16. The Morgan fingerprint density at radius 2 is 1.92 bits per heavy atom. The molecule has 0 aliphatic rings. The highest BCUT2D eigenvalue weighted by Crippen LogP contribution is 2.25. The molecule has 4 nitrogen and oxygen atoms in total. The second-order valence-electron chi connectivity index (χ2n) is 5.93. The molecular weight excluding hydrogens is 343 g/mol. The highest BCUT2D eigenvalue weighted by atomic mass is 35.5. The number of hydrogen-bond donors (Lipinski definition) is 1. The predicted octanol–water partition coefficient (Wildman–Crippen LogP) is 4.71. The van der Waals surface area contributed by atoms with Gasteiger partial charge in [-0.3, -0.25) is 4.68 Å². The first-order valence-electron chi connectivity index (χ1n) is 7.68. The third-order valence-electron chi connectivity index (χ3n) is 4.12. The molecular formula is C19H16ClFN2O2. The highest BCUT2D eigenvalue weighted by molar-refractivity contribution is 6.30. The van der Waals surface area contributed by atoms with E-state index < -0.39 is 11.8 Å². The molecule has 0 aliphatic heterocycles. The minimum absolute atomic E-state index is 0.0239. The van der Waals surface area contributed by atoms with Gasteiger partial charge < -0.3 is 5.11 Å². The van der Waals surface area contributed by atoms with E-state index in [9.17, 15) is 14.3 Å². The smallest absolute Gasteiger partial charge is 0.356 e. The number of benzene rings is 2. The summed E-state index contributed by atoms with van der Waals surface area (Å²) in [6, 6.07) is 11.9. The summed E-state index contributed by atoms with van der Waals surface area (Å²) in [5.41, 5.74) is 4.50. The molecule has 0 bridgehead atoms. The van der Waals surface area contributed by atoms with Crippen LogP contribution in [0.25, 0.3) is 11.3 Å². The van der Waals surface area contributed by atoms with Crippen molar-refractivity contribution in [3.8, 4) is 11.3 Å². The Morgan fingerprint density at radius 3 is 2.56 bits per heavy atom. The molecule has 6 heteroatoms. The molecule has 0 amide bonds. The molecule has 0 atom stereocenters. The fourth-order valence-corrected chi connectivity index (χ4v) is 2.79. The molecule has 0 unspecified atom stereocenters. The zero-order chi connectivity index (χ0) is 18.1. The van der Waals surface area contributed by atoms with Crippen LogP contribution in [0.3, 0.4) is 0 Å². The molecule has 0 aliphatic carbocycles. The second-order valence-corrected chi connectivity index (χ2v) is 6.33. The van der Waals surface area contributed by atoms with Crippen LogP contribution in [0.2, 0.25) is 5.02 Å². The number of aryl methyl sites for hydroxylation is 2. The maximum atomic E-state index is 13.3. The van der Waals surface area contributed by atoms with E-state index in [2.05, 4.69) is 5.10 Å². The number of carboxylic acids is 1. The van der Waals surface area contributed by atoms with Crippen molar-refractivity contribution in [1.29, 1.82) is 0 Å². The molecule has 1 heterocycles. The van der Waals surface area contributed by atoms with Crippen LogP contribution in [0.4, 0.5) is 4.39 Å². The van der Waals surface area contributed by atoms with Gasteiger partial charge in [-0.2, -0.15) is 5.10 Å². The standard InChI is InChI=1S/C19H16ClFN2O2/c1-11-3-5-14(7-12(11)2)18-9-17(19(24)25)22-23(18)10-13-4-6-16(21)15(20)8-13/h3-9H,10H2,1-2H3,(H,24,25). The van der Waals surface area contributed by atoms with Crippen molar-refractivity contribution in [3.05, 3.63) is 75.7 Å². The predicted molar refractivity (Wildman–Crippen MR) is 94.6 cm³/mol. The lowest BCUT2D eigenvalue weighted by molar-refractivity contribution is 0.0689. The maximum absolute atomic E-state index is 13.3. The van der Waals surface area contributed by atoms with Crippen LogP contribution in [0.1, 0.15) is 27.2 Å². The van der Waals surface area contributed by atoms with Crippen molar-refractivity contribution in [2.45, 2.75) is 20.4 Å². The summed E-state index contributed by atoms with van der Waals surface area (Å²) in [6.07, 6.45) is 0. The van der Waals surface area contributed by atoms with Crippen LogP contribution in [0.15, 0.2) is 42.5 Å². The number of aromatic nitrogens is 2. The molecule has 0 fully saturated rings. The fraction of sp³-hybridized carbons (Fsp3) is 0.158. The number of rotatable bonds is 4. The molecule has 2 aromatic carbocycles. The Balaban J connectivity index is 2.06. The monoisotopic (exact) mass is 358 g/mol. The summed E-state index contributed by atoms with van der Waals surface area (Å²) in [7, 11) is 0. The molecule has 3 rings (SSSR count). The molecule has 0 saturated heterocycles. The summed E-state index contributed by atoms with van der Waals surface area (Å²) in [6.45, 7) is 4.30. The van der Waals surface area contributed by atoms with Crippen LogP contribution in [-0.4, -0.2) is 20.9 Å². The van der Waals surface area contributed by atoms with Gasteiger partial charge in [-0.15, -0.1) is 0 Å². The van der Waals surface area contributed by atoms with Gasteiger partial charge >= 0.3 is 5.97 Å². The van der Waals surface area contributed by atoms with Crippen molar-refractivity contribution in [1.82, 2.24) is 9.78 Å². The topological polar surface area (TPSA) is 55.1 Å². The normalized spacial score (nSPS) is 10.9. The molecule has 0 spiro atoms. The van der Waals surface area contributed by atoms with Gasteiger partial charge in [0.1, 0.15) is 5.82 Å². The van der Waals surface area contributed by atoms with Crippen LogP contribution < -0.4 is 0 Å². The van der Waals surface area contributed by atoms with Crippen LogP contribution in [0.5, 0.6) is 0 Å². The van der Waals surface area contributed by atoms with Crippen molar-refractivity contribution in [2.75, 3.05) is 0 Å². The average molecular weight is 359 g/mol. The van der Waals surface area contributed by atoms with Gasteiger partial charge in [-0.1, -0.05) is 29.8 Å². The van der Waals surface area contributed by atoms with Crippen molar-refractivity contribution in [2.24, 2.45) is 0 Å². The Hall–Kier alpha value is -2.66. The number of carbonyl (C=O) groups is 1. The van der Waals surface area contributed by atoms with E-state index in [1.165, 1.54) is 18.2 Å². The summed E-state index contributed by atoms with van der Waals surface area (Å²) < 4.78 is 14.9. The Morgan fingerprint density at radius 1 is 1.16 bits per heavy atom. The fourth-order valence-electron chi connectivity index (χ4n) is 2.59. The first kappa shape index (κ1) is 17.2. The third-order valence-corrected chi connectivity index (χ3v) is 4.41. The molecule has 1 aromatic heterocycles. The van der Waals surface area contributed by atoms with Gasteiger partial charge in [-0.05, 0) is 54.8 Å². The Kier molecular flexibility index (Phi) is 4.59. The van der Waals surface area contributed by atoms with Crippen molar-refractivity contribution >= 4 is 17.6 Å². The minimum Gasteiger partial charge on any atom is -0.476 e. The van der Waals surface area contributed by atoms with E-state index in [0.717, 1.165) is 22.3 Å². The van der Waals surface area contributed by atoms with Crippen LogP contribution >= 0.6 is 11.6 Å². The van der Waals surface area contributed by atoms with E-state index >= 15 is 0 Å². The SMILES string of the molecule is Cc1ccc(-c2cc(C(=O)O)nn2Cc2ccc(F)c(Cl)c2)cc1C. The Labute approximate surface area is 149 Å². The number of nitrogens with zero attached hydrogens (tertiary/aromatic N) is 2. The van der Waals surface area contributed by atoms with Crippen LogP contribution in [-0.2, 0) is 6.54 Å². The number of aromatic carboxylic acids is 1. The lowest BCUT2D eigenvalue weighted by Gasteiger charge is -2.10. The average Bonchev–Trinajstić information content (AvgIpc) is 2.98. The van der Waals surface area contributed by atoms with E-state index in [0.29, 0.717) is 5.69 Å². The van der Waals surface area contributed by atoms with Gasteiger partial charge in [0.25, 0.3) is 0 Å². The molecule has 128 valence electrons. The summed E-state index contributed by atoms with van der Waals surface area (Å²) in [5, 5.41) is 13.5. The van der Waals surface area contributed by atoms with E-state index in [-0.39, 0.29) is 17.3 Å². The first-order chi connectivity index (χ1) is 11.8. The van der Waals surface area contributed by atoms with Gasteiger partial charge in [-0.25, -0.2) is 9.18 Å². The summed E-state index contributed by atoms with van der Waals surface area (Å²) in [4.78, 5) is 11.3. The van der Waals surface area contributed by atoms with E-state index in [1.807, 2.05) is 32.0 Å². The summed E-state index contributed by atoms with van der Waals surface area (Å²) >= 11 is 5.83. The molecule has 0 radical (unpaired) electrons. The van der Waals surface area contributed by atoms with Gasteiger partial charge in [0.15, 0.2) is 5.69 Å². The number of halogens is 2. The zero-order valence-corrected chi connectivity index (χ0v) is 14.5. The molecule has 1 N–H and O–H groups in total. The molecule has 0 saturated carbocycles. The summed E-state index contributed by atoms with van der Waals surface area (Å²) in [5.74, 6) is -1.59.